The van der Waals surface area contributed by atoms with Gasteiger partial charge in [0.25, 0.3) is 5.91 Å². The number of anilines is 2. The van der Waals surface area contributed by atoms with Gasteiger partial charge in [-0.3, -0.25) is 14.9 Å². The van der Waals surface area contributed by atoms with Gasteiger partial charge in [0, 0.05) is 29.3 Å². The van der Waals surface area contributed by atoms with Crippen LogP contribution in [0.15, 0.2) is 30.0 Å². The lowest BCUT2D eigenvalue weighted by Crippen LogP contribution is -2.19. The van der Waals surface area contributed by atoms with Gasteiger partial charge in [-0.2, -0.15) is 19.6 Å². The number of aromatic nitrogens is 4. The summed E-state index contributed by atoms with van der Waals surface area (Å²) in [7, 11) is 0. The van der Waals surface area contributed by atoms with Gasteiger partial charge in [-0.05, 0) is 31.1 Å². The third kappa shape index (κ3) is 3.81. The van der Waals surface area contributed by atoms with Crippen LogP contribution in [-0.2, 0) is 16.1 Å². The minimum Gasteiger partial charge on any atom is -0.351 e. The number of carbonyl (C=O) groups is 2. The minimum atomic E-state index is -0.670. The van der Waals surface area contributed by atoms with Gasteiger partial charge < -0.3 is 10.6 Å². The Morgan fingerprint density at radius 3 is 2.65 bits per heavy atom. The number of amides is 2. The quantitative estimate of drug-likeness (QED) is 0.409. The molecule has 2 amide bonds. The van der Waals surface area contributed by atoms with Crippen LogP contribution >= 0.6 is 0 Å². The number of nitrogens with one attached hydrogen (secondary N) is 3. The summed E-state index contributed by atoms with van der Waals surface area (Å²) in [6, 6.07) is 3.92. The highest BCUT2D eigenvalue weighted by atomic mass is 19.1. The maximum atomic E-state index is 14.0. The number of imide groups is 1. The number of halogens is 2. The Morgan fingerprint density at radius 2 is 1.97 bits per heavy atom. The Bertz CT molecular complexity index is 1230. The molecule has 2 aliphatic rings. The van der Waals surface area contributed by atoms with E-state index < -0.39 is 17.5 Å². The van der Waals surface area contributed by atoms with Gasteiger partial charge in [-0.15, -0.1) is 0 Å². The molecule has 5 rings (SSSR count). The maximum Gasteiger partial charge on any atom is 0.254 e. The average molecular weight is 425 g/mol. The summed E-state index contributed by atoms with van der Waals surface area (Å²) in [5.74, 6) is -1.60. The molecule has 1 saturated heterocycles. The highest BCUT2D eigenvalue weighted by molar-refractivity contribution is 6.15. The summed E-state index contributed by atoms with van der Waals surface area (Å²) >= 11 is 0. The van der Waals surface area contributed by atoms with Crippen molar-refractivity contribution in [2.75, 3.05) is 10.6 Å². The summed E-state index contributed by atoms with van der Waals surface area (Å²) in [4.78, 5) is 32.2. The summed E-state index contributed by atoms with van der Waals surface area (Å²) < 4.78 is 29.4. The zero-order valence-electron chi connectivity index (χ0n) is 16.2. The highest BCUT2D eigenvalue weighted by Gasteiger charge is 2.26. The van der Waals surface area contributed by atoms with Gasteiger partial charge in [-0.1, -0.05) is 6.07 Å². The van der Waals surface area contributed by atoms with E-state index in [0.29, 0.717) is 22.7 Å². The fraction of sp³-hybridized carbons (Fsp3) is 0.250. The Labute approximate surface area is 174 Å². The fourth-order valence-electron chi connectivity index (χ4n) is 3.26. The normalized spacial score (nSPS) is 17.4. The van der Waals surface area contributed by atoms with E-state index >= 15 is 0 Å². The highest BCUT2D eigenvalue weighted by Crippen LogP contribution is 2.26. The number of hydrogen-bond acceptors (Lipinski definition) is 7. The molecule has 3 N–H and O–H groups in total. The van der Waals surface area contributed by atoms with Crippen molar-refractivity contribution < 1.29 is 18.4 Å². The van der Waals surface area contributed by atoms with E-state index in [4.69, 9.17) is 0 Å². The lowest BCUT2D eigenvalue weighted by molar-refractivity contribution is -0.124. The molecule has 0 atom stereocenters. The molecule has 1 aromatic carbocycles. The van der Waals surface area contributed by atoms with Crippen molar-refractivity contribution in [1.29, 1.82) is 0 Å². The second-order valence-electron chi connectivity index (χ2n) is 7.40. The van der Waals surface area contributed by atoms with Gasteiger partial charge in [0.1, 0.15) is 11.6 Å². The summed E-state index contributed by atoms with van der Waals surface area (Å²) in [6.45, 7) is -0.154. The molecule has 0 spiro atoms. The van der Waals surface area contributed by atoms with Crippen LogP contribution in [0.4, 0.5) is 20.7 Å². The van der Waals surface area contributed by atoms with Gasteiger partial charge in [0.05, 0.1) is 12.6 Å². The molecule has 0 bridgehead atoms. The monoisotopic (exact) mass is 425 g/mol. The molecule has 1 saturated carbocycles. The second-order valence-corrected chi connectivity index (χ2v) is 7.40. The van der Waals surface area contributed by atoms with Crippen molar-refractivity contribution >= 4 is 35.4 Å². The SMILES string of the molecule is O=C1C/C(=C\c2cnn3c(NC4CC4)nc(NCc4c(F)cccc4F)nc23)C(=O)N1. The van der Waals surface area contributed by atoms with E-state index in [1.54, 1.807) is 6.08 Å². The van der Waals surface area contributed by atoms with Crippen LogP contribution in [0.25, 0.3) is 11.7 Å². The molecule has 11 heteroatoms. The van der Waals surface area contributed by atoms with E-state index in [1.165, 1.54) is 28.9 Å². The van der Waals surface area contributed by atoms with E-state index in [0.717, 1.165) is 12.8 Å². The number of carbonyl (C=O) groups excluding carboxylic acids is 2. The molecule has 1 aliphatic carbocycles. The first-order valence-electron chi connectivity index (χ1n) is 9.72. The van der Waals surface area contributed by atoms with E-state index in [9.17, 15) is 18.4 Å². The Morgan fingerprint density at radius 1 is 1.19 bits per heavy atom. The fourth-order valence-corrected chi connectivity index (χ4v) is 3.26. The minimum absolute atomic E-state index is 0.0217. The predicted molar refractivity (Wildman–Crippen MR) is 107 cm³/mol. The van der Waals surface area contributed by atoms with Crippen LogP contribution in [-0.4, -0.2) is 37.4 Å². The van der Waals surface area contributed by atoms with Gasteiger partial charge >= 0.3 is 0 Å². The van der Waals surface area contributed by atoms with E-state index in [2.05, 4.69) is 31.0 Å². The molecule has 2 fully saturated rings. The first kappa shape index (κ1) is 19.1. The Hall–Kier alpha value is -3.89. The van der Waals surface area contributed by atoms with E-state index in [1.807, 2.05) is 0 Å². The van der Waals surface area contributed by atoms with Crippen molar-refractivity contribution in [1.82, 2.24) is 24.9 Å². The molecule has 9 nitrogen and oxygen atoms in total. The topological polar surface area (TPSA) is 113 Å². The van der Waals surface area contributed by atoms with Crippen LogP contribution in [0, 0.1) is 11.6 Å². The number of rotatable bonds is 6. The second kappa shape index (κ2) is 7.42. The standard InChI is InChI=1S/C20H17F2N7O2/c21-14-2-1-3-15(22)13(14)9-23-19-27-17-11(6-10-7-16(30)26-18(10)31)8-24-29(17)20(28-19)25-12-4-5-12/h1-3,6,8,12H,4-5,7,9H2,(H,26,30,31)(H2,23,25,27,28)/b10-6+. The van der Waals surface area contributed by atoms with Gasteiger partial charge in [0.2, 0.25) is 17.8 Å². The summed E-state index contributed by atoms with van der Waals surface area (Å²) in [5, 5.41) is 12.6. The molecular formula is C20H17F2N7O2. The number of fused-ring (bicyclic) bond motifs is 1. The van der Waals surface area contributed by atoms with Gasteiger partial charge in [-0.25, -0.2) is 8.78 Å². The van der Waals surface area contributed by atoms with Crippen LogP contribution in [0.5, 0.6) is 0 Å². The first-order valence-corrected chi connectivity index (χ1v) is 9.72. The first-order chi connectivity index (χ1) is 15.0. The number of hydrogen-bond donors (Lipinski definition) is 3. The van der Waals surface area contributed by atoms with Crippen molar-refractivity contribution in [3.05, 3.63) is 52.7 Å². The van der Waals surface area contributed by atoms with Crippen LogP contribution < -0.4 is 16.0 Å². The molecule has 3 heterocycles. The molecule has 158 valence electrons. The van der Waals surface area contributed by atoms with Crippen molar-refractivity contribution in [3.8, 4) is 0 Å². The third-order valence-electron chi connectivity index (χ3n) is 5.02. The lowest BCUT2D eigenvalue weighted by Gasteiger charge is -2.11. The van der Waals surface area contributed by atoms with Crippen molar-refractivity contribution in [2.45, 2.75) is 31.8 Å². The van der Waals surface area contributed by atoms with Crippen LogP contribution in [0.2, 0.25) is 0 Å². The zero-order valence-corrected chi connectivity index (χ0v) is 16.2. The molecule has 2 aromatic heterocycles. The maximum absolute atomic E-state index is 14.0. The zero-order chi connectivity index (χ0) is 21.5. The molecule has 0 radical (unpaired) electrons. The third-order valence-corrected chi connectivity index (χ3v) is 5.02. The molecule has 0 unspecified atom stereocenters. The van der Waals surface area contributed by atoms with E-state index in [-0.39, 0.29) is 36.4 Å². The molecular weight excluding hydrogens is 408 g/mol. The predicted octanol–water partition coefficient (Wildman–Crippen LogP) is 2.02. The molecule has 1 aliphatic heterocycles. The van der Waals surface area contributed by atoms with Crippen molar-refractivity contribution in [3.63, 3.8) is 0 Å². The largest absolute Gasteiger partial charge is 0.351 e. The number of nitrogens with zero attached hydrogens (tertiary/aromatic N) is 4. The molecule has 31 heavy (non-hydrogen) atoms. The summed E-state index contributed by atoms with van der Waals surface area (Å²) in [6.07, 6.45) is 5.04. The lowest BCUT2D eigenvalue weighted by atomic mass is 10.1. The summed E-state index contributed by atoms with van der Waals surface area (Å²) in [5.41, 5.74) is 1.08. The molecule has 3 aromatic rings. The Balaban J connectivity index is 1.51. The van der Waals surface area contributed by atoms with Crippen LogP contribution in [0.3, 0.4) is 0 Å². The van der Waals surface area contributed by atoms with Gasteiger partial charge in [0.15, 0.2) is 5.65 Å². The van der Waals surface area contributed by atoms with Crippen molar-refractivity contribution in [2.24, 2.45) is 0 Å². The smallest absolute Gasteiger partial charge is 0.254 e. The number of benzene rings is 1. The average Bonchev–Trinajstić information content (AvgIpc) is 3.36. The van der Waals surface area contributed by atoms with Crippen LogP contribution in [0.1, 0.15) is 30.4 Å². The Kier molecular flexibility index (Phi) is 4.57.